The predicted octanol–water partition coefficient (Wildman–Crippen LogP) is 4.54. The third-order valence-electron chi connectivity index (χ3n) is 6.69. The van der Waals surface area contributed by atoms with Gasteiger partial charge in [0.2, 0.25) is 11.8 Å². The highest BCUT2D eigenvalue weighted by Crippen LogP contribution is 2.34. The number of rotatable bonds is 13. The van der Waals surface area contributed by atoms with Gasteiger partial charge in [0.05, 0.1) is 24.8 Å². The summed E-state index contributed by atoms with van der Waals surface area (Å²) >= 11 is 0. The molecule has 226 valence electrons. The van der Waals surface area contributed by atoms with Gasteiger partial charge in [-0.25, -0.2) is 12.8 Å². The van der Waals surface area contributed by atoms with Crippen molar-refractivity contribution in [1.82, 2.24) is 10.2 Å². The summed E-state index contributed by atoms with van der Waals surface area (Å²) in [4.78, 5) is 28.2. The van der Waals surface area contributed by atoms with Crippen LogP contribution in [0.4, 0.5) is 10.1 Å². The van der Waals surface area contributed by atoms with E-state index in [1.165, 1.54) is 74.6 Å². The molecule has 0 radical (unpaired) electrons. The molecule has 0 aliphatic heterocycles. The number of sulfonamides is 1. The first-order valence-electron chi connectivity index (χ1n) is 13.5. The zero-order valence-corrected chi connectivity index (χ0v) is 25.6. The second-order valence-electron chi connectivity index (χ2n) is 10.3. The minimum absolute atomic E-state index is 0.0286. The van der Waals surface area contributed by atoms with Crippen LogP contribution < -0.4 is 19.1 Å². The number of carbonyl (C=O) groups excluding carboxylic acids is 2. The summed E-state index contributed by atoms with van der Waals surface area (Å²) in [5.41, 5.74) is 1.19. The number of aryl methyl sites for hydroxylation is 1. The van der Waals surface area contributed by atoms with Crippen molar-refractivity contribution in [3.63, 3.8) is 0 Å². The average molecular weight is 600 g/mol. The molecule has 1 N–H and O–H groups in total. The number of halogens is 1. The van der Waals surface area contributed by atoms with Gasteiger partial charge >= 0.3 is 0 Å². The summed E-state index contributed by atoms with van der Waals surface area (Å²) in [6.07, 6.45) is 0. The molecular weight excluding hydrogens is 561 g/mol. The standard InChI is InChI=1S/C31H38FN3O6S/c1-21(2)18-33-31(37)23(4)34(19-24-9-7-8-10-27(24)32)30(36)20-35(25-13-16-28(40-5)29(17-25)41-6)42(38,39)26-14-11-22(3)12-15-26/h7-17,21,23H,18-20H2,1-6H3,(H,33,37)/t23-/m0/s1. The van der Waals surface area contributed by atoms with Crippen molar-refractivity contribution >= 4 is 27.5 Å². The van der Waals surface area contributed by atoms with E-state index in [1.54, 1.807) is 18.2 Å². The number of nitrogens with one attached hydrogen (secondary N) is 1. The number of benzene rings is 3. The zero-order chi connectivity index (χ0) is 31.0. The van der Waals surface area contributed by atoms with Crippen molar-refractivity contribution < 1.29 is 31.9 Å². The minimum Gasteiger partial charge on any atom is -0.493 e. The van der Waals surface area contributed by atoms with Crippen LogP contribution in [-0.4, -0.2) is 58.5 Å². The van der Waals surface area contributed by atoms with Gasteiger partial charge in [-0.3, -0.25) is 13.9 Å². The van der Waals surface area contributed by atoms with Crippen LogP contribution in [0.1, 0.15) is 31.9 Å². The molecule has 11 heteroatoms. The Labute approximate surface area is 247 Å². The molecule has 0 unspecified atom stereocenters. The molecule has 42 heavy (non-hydrogen) atoms. The average Bonchev–Trinajstić information content (AvgIpc) is 2.97. The summed E-state index contributed by atoms with van der Waals surface area (Å²) in [5.74, 6) is -0.886. The number of methoxy groups -OCH3 is 2. The van der Waals surface area contributed by atoms with Crippen molar-refractivity contribution in [2.45, 2.75) is 45.2 Å². The van der Waals surface area contributed by atoms with E-state index >= 15 is 0 Å². The highest BCUT2D eigenvalue weighted by atomic mass is 32.2. The van der Waals surface area contributed by atoms with Crippen LogP contribution in [0.5, 0.6) is 11.5 Å². The first-order valence-corrected chi connectivity index (χ1v) is 14.9. The predicted molar refractivity (Wildman–Crippen MR) is 160 cm³/mol. The lowest BCUT2D eigenvalue weighted by atomic mass is 10.1. The Morgan fingerprint density at radius 2 is 1.57 bits per heavy atom. The maximum absolute atomic E-state index is 14.7. The molecule has 0 heterocycles. The van der Waals surface area contributed by atoms with Crippen LogP contribution in [0, 0.1) is 18.7 Å². The molecular formula is C31H38FN3O6S. The summed E-state index contributed by atoms with van der Waals surface area (Å²) in [7, 11) is -1.41. The van der Waals surface area contributed by atoms with E-state index < -0.39 is 40.2 Å². The van der Waals surface area contributed by atoms with Crippen molar-refractivity contribution in [3.05, 3.63) is 83.7 Å². The molecule has 3 rings (SSSR count). The molecule has 0 fully saturated rings. The summed E-state index contributed by atoms with van der Waals surface area (Å²) < 4.78 is 54.3. The third-order valence-corrected chi connectivity index (χ3v) is 8.48. The first-order chi connectivity index (χ1) is 19.9. The van der Waals surface area contributed by atoms with Crippen molar-refractivity contribution in [2.24, 2.45) is 5.92 Å². The second kappa shape index (κ2) is 14.2. The van der Waals surface area contributed by atoms with Crippen molar-refractivity contribution in [2.75, 3.05) is 31.6 Å². The molecule has 2 amide bonds. The van der Waals surface area contributed by atoms with E-state index in [-0.39, 0.29) is 34.4 Å². The number of hydrogen-bond acceptors (Lipinski definition) is 6. The fraction of sp³-hybridized carbons (Fsp3) is 0.355. The number of carbonyl (C=O) groups is 2. The Balaban J connectivity index is 2.08. The van der Waals surface area contributed by atoms with Crippen LogP contribution in [0.3, 0.4) is 0 Å². The number of ether oxygens (including phenoxy) is 2. The van der Waals surface area contributed by atoms with Crippen LogP contribution in [0.15, 0.2) is 71.6 Å². The van der Waals surface area contributed by atoms with E-state index in [2.05, 4.69) is 5.32 Å². The van der Waals surface area contributed by atoms with Gasteiger partial charge < -0.3 is 19.7 Å². The normalized spacial score (nSPS) is 12.0. The fourth-order valence-electron chi connectivity index (χ4n) is 4.19. The molecule has 0 aromatic heterocycles. The molecule has 0 saturated heterocycles. The molecule has 3 aromatic rings. The topological polar surface area (TPSA) is 105 Å². The van der Waals surface area contributed by atoms with Gasteiger partial charge in [-0.05, 0) is 50.1 Å². The summed E-state index contributed by atoms with van der Waals surface area (Å²) in [6.45, 7) is 6.70. The van der Waals surface area contributed by atoms with Crippen LogP contribution in [-0.2, 0) is 26.2 Å². The maximum atomic E-state index is 14.7. The summed E-state index contributed by atoms with van der Waals surface area (Å²) in [6, 6.07) is 15.6. The molecule has 0 spiro atoms. The fourth-order valence-corrected chi connectivity index (χ4v) is 5.60. The Kier molecular flexibility index (Phi) is 10.9. The monoisotopic (exact) mass is 599 g/mol. The van der Waals surface area contributed by atoms with Gasteiger partial charge in [0, 0.05) is 24.7 Å². The van der Waals surface area contributed by atoms with E-state index in [0.717, 1.165) is 9.87 Å². The van der Waals surface area contributed by atoms with Gasteiger partial charge in [-0.2, -0.15) is 0 Å². The molecule has 1 atom stereocenters. The lowest BCUT2D eigenvalue weighted by molar-refractivity contribution is -0.139. The van der Waals surface area contributed by atoms with Gasteiger partial charge in [0.15, 0.2) is 11.5 Å². The molecule has 3 aromatic carbocycles. The van der Waals surface area contributed by atoms with E-state index in [9.17, 15) is 22.4 Å². The maximum Gasteiger partial charge on any atom is 0.264 e. The largest absolute Gasteiger partial charge is 0.493 e. The van der Waals surface area contributed by atoms with Gasteiger partial charge in [-0.15, -0.1) is 0 Å². The molecule has 0 saturated carbocycles. The minimum atomic E-state index is -4.28. The Morgan fingerprint density at radius 3 is 2.17 bits per heavy atom. The Hall–Kier alpha value is -4.12. The number of hydrogen-bond donors (Lipinski definition) is 1. The molecule has 0 aliphatic carbocycles. The quantitative estimate of drug-likeness (QED) is 0.310. The number of nitrogens with zero attached hydrogens (tertiary/aromatic N) is 2. The highest BCUT2D eigenvalue weighted by Gasteiger charge is 2.33. The van der Waals surface area contributed by atoms with Gasteiger partial charge in [-0.1, -0.05) is 49.7 Å². The second-order valence-corrected chi connectivity index (χ2v) is 12.2. The van der Waals surface area contributed by atoms with Crippen molar-refractivity contribution in [3.8, 4) is 11.5 Å². The van der Waals surface area contributed by atoms with Crippen LogP contribution >= 0.6 is 0 Å². The SMILES string of the molecule is COc1ccc(N(CC(=O)N(Cc2ccccc2F)[C@@H](C)C(=O)NCC(C)C)S(=O)(=O)c2ccc(C)cc2)cc1OC. The summed E-state index contributed by atoms with van der Waals surface area (Å²) in [5, 5.41) is 2.80. The van der Waals surface area contributed by atoms with Crippen LogP contribution in [0.2, 0.25) is 0 Å². The molecule has 0 bridgehead atoms. The van der Waals surface area contributed by atoms with E-state index in [0.29, 0.717) is 12.3 Å². The zero-order valence-electron chi connectivity index (χ0n) is 24.8. The smallest absolute Gasteiger partial charge is 0.264 e. The molecule has 0 aliphatic rings. The van der Waals surface area contributed by atoms with Gasteiger partial charge in [0.25, 0.3) is 10.0 Å². The lowest BCUT2D eigenvalue weighted by Gasteiger charge is -2.32. The third kappa shape index (κ3) is 7.79. The Bertz CT molecular complexity index is 1490. The highest BCUT2D eigenvalue weighted by molar-refractivity contribution is 7.92. The number of amides is 2. The molecule has 9 nitrogen and oxygen atoms in total. The number of anilines is 1. The first kappa shape index (κ1) is 32.4. The van der Waals surface area contributed by atoms with E-state index in [4.69, 9.17) is 9.47 Å². The van der Waals surface area contributed by atoms with Crippen LogP contribution in [0.25, 0.3) is 0 Å². The lowest BCUT2D eigenvalue weighted by Crippen LogP contribution is -2.51. The van der Waals surface area contributed by atoms with Crippen molar-refractivity contribution in [1.29, 1.82) is 0 Å². The van der Waals surface area contributed by atoms with Gasteiger partial charge in [0.1, 0.15) is 18.4 Å². The Morgan fingerprint density at radius 1 is 0.929 bits per heavy atom. The van der Waals surface area contributed by atoms with E-state index in [1.807, 2.05) is 20.8 Å².